The van der Waals surface area contributed by atoms with E-state index in [1.807, 2.05) is 42.1 Å². The monoisotopic (exact) mass is 411 g/mol. The van der Waals surface area contributed by atoms with Gasteiger partial charge in [0, 0.05) is 60.8 Å². The first-order valence-electron chi connectivity index (χ1n) is 9.05. The van der Waals surface area contributed by atoms with Gasteiger partial charge in [0.1, 0.15) is 0 Å². The Balaban J connectivity index is 1.39. The van der Waals surface area contributed by atoms with Crippen LogP contribution in [0.4, 0.5) is 17.1 Å². The number of aryl methyl sites for hydroxylation is 1. The molecule has 0 saturated heterocycles. The molecule has 0 radical (unpaired) electrons. The number of nitro benzene ring substituents is 1. The SMILES string of the molecule is Cn1ccnc1Sc1ccc(NC(=O)CCCNc2ccc([N+](=O)[O-])cc2)cc1. The molecule has 3 rings (SSSR count). The topological polar surface area (TPSA) is 102 Å². The summed E-state index contributed by atoms with van der Waals surface area (Å²) in [7, 11) is 1.94. The number of benzene rings is 2. The van der Waals surface area contributed by atoms with Crippen molar-refractivity contribution in [3.8, 4) is 0 Å². The first-order chi connectivity index (χ1) is 14.0. The van der Waals surface area contributed by atoms with E-state index in [1.165, 1.54) is 12.1 Å². The van der Waals surface area contributed by atoms with E-state index in [0.717, 1.165) is 21.4 Å². The summed E-state index contributed by atoms with van der Waals surface area (Å²) in [5.74, 6) is -0.0556. The molecule has 1 heterocycles. The number of aromatic nitrogens is 2. The molecule has 2 N–H and O–H groups in total. The summed E-state index contributed by atoms with van der Waals surface area (Å²) < 4.78 is 1.95. The quantitative estimate of drug-likeness (QED) is 0.309. The Labute approximate surface area is 172 Å². The number of carbonyl (C=O) groups excluding carboxylic acids is 1. The second-order valence-electron chi connectivity index (χ2n) is 6.33. The van der Waals surface area contributed by atoms with Crippen LogP contribution in [0.5, 0.6) is 0 Å². The smallest absolute Gasteiger partial charge is 0.269 e. The van der Waals surface area contributed by atoms with E-state index in [0.29, 0.717) is 19.4 Å². The van der Waals surface area contributed by atoms with Crippen LogP contribution in [0.2, 0.25) is 0 Å². The van der Waals surface area contributed by atoms with Crippen molar-refractivity contribution in [2.75, 3.05) is 17.2 Å². The maximum Gasteiger partial charge on any atom is 0.269 e. The predicted octanol–water partition coefficient (Wildman–Crippen LogP) is 4.31. The lowest BCUT2D eigenvalue weighted by molar-refractivity contribution is -0.384. The zero-order chi connectivity index (χ0) is 20.6. The van der Waals surface area contributed by atoms with Crippen LogP contribution >= 0.6 is 11.8 Å². The maximum atomic E-state index is 12.1. The summed E-state index contributed by atoms with van der Waals surface area (Å²) in [4.78, 5) is 27.6. The summed E-state index contributed by atoms with van der Waals surface area (Å²) in [6.07, 6.45) is 4.68. The summed E-state index contributed by atoms with van der Waals surface area (Å²) in [5.41, 5.74) is 1.60. The number of nitrogens with zero attached hydrogens (tertiary/aromatic N) is 3. The fraction of sp³-hybridized carbons (Fsp3) is 0.200. The zero-order valence-corrected chi connectivity index (χ0v) is 16.7. The Bertz CT molecular complexity index is 971. The van der Waals surface area contributed by atoms with Crippen LogP contribution < -0.4 is 10.6 Å². The van der Waals surface area contributed by atoms with Gasteiger partial charge in [-0.2, -0.15) is 0 Å². The molecule has 0 bridgehead atoms. The van der Waals surface area contributed by atoms with Crippen molar-refractivity contribution in [1.29, 1.82) is 0 Å². The first-order valence-corrected chi connectivity index (χ1v) is 9.86. The second kappa shape index (κ2) is 9.74. The van der Waals surface area contributed by atoms with Gasteiger partial charge in [0.25, 0.3) is 5.69 Å². The normalized spacial score (nSPS) is 10.5. The van der Waals surface area contributed by atoms with Crippen LogP contribution in [0.25, 0.3) is 0 Å². The minimum Gasteiger partial charge on any atom is -0.385 e. The molecule has 0 atom stereocenters. The highest BCUT2D eigenvalue weighted by Crippen LogP contribution is 2.26. The number of carbonyl (C=O) groups is 1. The Kier molecular flexibility index (Phi) is 6.85. The predicted molar refractivity (Wildman–Crippen MR) is 113 cm³/mol. The highest BCUT2D eigenvalue weighted by molar-refractivity contribution is 7.99. The average molecular weight is 411 g/mol. The Morgan fingerprint density at radius 3 is 2.45 bits per heavy atom. The molecule has 0 spiro atoms. The Morgan fingerprint density at radius 1 is 1.14 bits per heavy atom. The highest BCUT2D eigenvalue weighted by atomic mass is 32.2. The second-order valence-corrected chi connectivity index (χ2v) is 7.37. The van der Waals surface area contributed by atoms with Gasteiger partial charge in [-0.15, -0.1) is 0 Å². The van der Waals surface area contributed by atoms with E-state index in [4.69, 9.17) is 0 Å². The van der Waals surface area contributed by atoms with Crippen LogP contribution in [0.1, 0.15) is 12.8 Å². The van der Waals surface area contributed by atoms with Gasteiger partial charge in [0.05, 0.1) is 4.92 Å². The molecule has 9 heteroatoms. The largest absolute Gasteiger partial charge is 0.385 e. The van der Waals surface area contributed by atoms with Gasteiger partial charge in [0.2, 0.25) is 5.91 Å². The molecular formula is C20H21N5O3S. The minimum atomic E-state index is -0.433. The van der Waals surface area contributed by atoms with Gasteiger partial charge in [-0.3, -0.25) is 14.9 Å². The number of non-ortho nitro benzene ring substituents is 1. The van der Waals surface area contributed by atoms with E-state index in [9.17, 15) is 14.9 Å². The lowest BCUT2D eigenvalue weighted by Gasteiger charge is -2.08. The maximum absolute atomic E-state index is 12.1. The van der Waals surface area contributed by atoms with Crippen LogP contribution in [0.3, 0.4) is 0 Å². The first kappa shape index (κ1) is 20.4. The molecule has 0 aliphatic carbocycles. The van der Waals surface area contributed by atoms with Crippen LogP contribution in [-0.4, -0.2) is 26.9 Å². The lowest BCUT2D eigenvalue weighted by atomic mass is 10.2. The third kappa shape index (κ3) is 6.08. The molecule has 1 amide bonds. The van der Waals surface area contributed by atoms with E-state index in [1.54, 1.807) is 30.1 Å². The van der Waals surface area contributed by atoms with Crippen molar-refractivity contribution in [3.63, 3.8) is 0 Å². The molecule has 3 aromatic rings. The van der Waals surface area contributed by atoms with Crippen molar-refractivity contribution >= 4 is 34.7 Å². The van der Waals surface area contributed by atoms with E-state index in [-0.39, 0.29) is 11.6 Å². The number of nitro groups is 1. The Hall–Kier alpha value is -3.33. The summed E-state index contributed by atoms with van der Waals surface area (Å²) in [5, 5.41) is 17.6. The van der Waals surface area contributed by atoms with Crippen molar-refractivity contribution in [2.24, 2.45) is 7.05 Å². The van der Waals surface area contributed by atoms with E-state index >= 15 is 0 Å². The van der Waals surface area contributed by atoms with Gasteiger partial charge < -0.3 is 15.2 Å². The molecule has 150 valence electrons. The zero-order valence-electron chi connectivity index (χ0n) is 15.9. The van der Waals surface area contributed by atoms with Crippen LogP contribution in [0.15, 0.2) is 71.0 Å². The summed E-state index contributed by atoms with van der Waals surface area (Å²) in [6, 6.07) is 13.9. The fourth-order valence-electron chi connectivity index (χ4n) is 2.57. The average Bonchev–Trinajstić information content (AvgIpc) is 3.11. The number of hydrogen-bond donors (Lipinski definition) is 2. The van der Waals surface area contributed by atoms with Crippen molar-refractivity contribution in [3.05, 3.63) is 71.0 Å². The number of amides is 1. The van der Waals surface area contributed by atoms with Gasteiger partial charge >= 0.3 is 0 Å². The van der Waals surface area contributed by atoms with Crippen molar-refractivity contribution < 1.29 is 9.72 Å². The molecule has 0 saturated carbocycles. The van der Waals surface area contributed by atoms with Crippen LogP contribution in [0, 0.1) is 10.1 Å². The number of anilines is 2. The third-order valence-electron chi connectivity index (χ3n) is 4.11. The Morgan fingerprint density at radius 2 is 1.83 bits per heavy atom. The number of imidazole rings is 1. The molecule has 0 fully saturated rings. The minimum absolute atomic E-state index is 0.0549. The van der Waals surface area contributed by atoms with E-state index in [2.05, 4.69) is 15.6 Å². The fourth-order valence-corrected chi connectivity index (χ4v) is 3.37. The third-order valence-corrected chi connectivity index (χ3v) is 5.20. The number of hydrogen-bond acceptors (Lipinski definition) is 6. The van der Waals surface area contributed by atoms with E-state index < -0.39 is 4.92 Å². The molecule has 29 heavy (non-hydrogen) atoms. The summed E-state index contributed by atoms with van der Waals surface area (Å²) >= 11 is 1.56. The standard InChI is InChI=1S/C20H21N5O3S/c1-24-14-13-22-20(24)29-18-10-6-16(7-11-18)23-19(26)3-2-12-21-15-4-8-17(9-5-15)25(27)28/h4-11,13-14,21H,2-3,12H2,1H3,(H,23,26). The lowest BCUT2D eigenvalue weighted by Crippen LogP contribution is -2.13. The highest BCUT2D eigenvalue weighted by Gasteiger charge is 2.06. The van der Waals surface area contributed by atoms with Crippen LogP contribution in [-0.2, 0) is 11.8 Å². The molecule has 0 aliphatic rings. The molecule has 8 nitrogen and oxygen atoms in total. The van der Waals surface area contributed by atoms with Gasteiger partial charge in [-0.05, 0) is 42.8 Å². The van der Waals surface area contributed by atoms with Gasteiger partial charge in [0.15, 0.2) is 5.16 Å². The van der Waals surface area contributed by atoms with Crippen molar-refractivity contribution in [1.82, 2.24) is 9.55 Å². The van der Waals surface area contributed by atoms with Gasteiger partial charge in [-0.1, -0.05) is 11.8 Å². The molecule has 0 aliphatic heterocycles. The molecule has 2 aromatic carbocycles. The molecule has 0 unspecified atom stereocenters. The van der Waals surface area contributed by atoms with Crippen molar-refractivity contribution in [2.45, 2.75) is 22.9 Å². The molecule has 1 aromatic heterocycles. The number of nitrogens with one attached hydrogen (secondary N) is 2. The summed E-state index contributed by atoms with van der Waals surface area (Å²) in [6.45, 7) is 0.602. The molecular weight excluding hydrogens is 390 g/mol. The van der Waals surface area contributed by atoms with Gasteiger partial charge in [-0.25, -0.2) is 4.98 Å². The number of rotatable bonds is 9.